The monoisotopic (exact) mass is 1190 g/mol. The lowest BCUT2D eigenvalue weighted by Crippen LogP contribution is -2.03. The quantitative estimate of drug-likeness (QED) is 0.165. The Balaban J connectivity index is 0.000000114. The van der Waals surface area contributed by atoms with Crippen LogP contribution in [-0.2, 0) is 6.42 Å². The van der Waals surface area contributed by atoms with E-state index in [1.807, 2.05) is 77.3 Å². The first-order valence-corrected chi connectivity index (χ1v) is 31.6. The summed E-state index contributed by atoms with van der Waals surface area (Å²) in [4.78, 5) is 18.9. The van der Waals surface area contributed by atoms with Crippen LogP contribution in [0.25, 0.3) is 167 Å². The summed E-state index contributed by atoms with van der Waals surface area (Å²) in [6, 6.07) is 88.4. The van der Waals surface area contributed by atoms with E-state index in [4.69, 9.17) is 27.1 Å². The van der Waals surface area contributed by atoms with Crippen LogP contribution in [0.15, 0.2) is 279 Å². The van der Waals surface area contributed by atoms with Crippen molar-refractivity contribution in [3.63, 3.8) is 0 Å². The maximum Gasteiger partial charge on any atom is 0.235 e. The summed E-state index contributed by atoms with van der Waals surface area (Å²) in [7, 11) is 0. The van der Waals surface area contributed by atoms with Crippen LogP contribution in [0.2, 0.25) is 5.28 Å². The molecule has 1 aliphatic rings. The van der Waals surface area contributed by atoms with Crippen molar-refractivity contribution >= 4 is 161 Å². The summed E-state index contributed by atoms with van der Waals surface area (Å²) in [6.45, 7) is 0. The second kappa shape index (κ2) is 20.8. The highest BCUT2D eigenvalue weighted by molar-refractivity contribution is 7.27. The molecule has 1 aliphatic carbocycles. The average molecular weight is 1190 g/mol. The van der Waals surface area contributed by atoms with Crippen molar-refractivity contribution in [1.82, 2.24) is 24.5 Å². The Bertz CT molecular complexity index is 6390. The van der Waals surface area contributed by atoms with E-state index in [2.05, 4.69) is 184 Å². The molecule has 0 bridgehead atoms. The van der Waals surface area contributed by atoms with Crippen LogP contribution in [-0.4, -0.2) is 24.5 Å². The maximum atomic E-state index is 8.80. The van der Waals surface area contributed by atoms with Gasteiger partial charge in [0, 0.05) is 74.7 Å². The van der Waals surface area contributed by atoms with E-state index in [1.165, 1.54) is 123 Å². The molecule has 0 unspecified atom stereocenters. The van der Waals surface area contributed by atoms with Gasteiger partial charge in [0.2, 0.25) is 11.2 Å². The van der Waals surface area contributed by atoms with Gasteiger partial charge in [-0.2, -0.15) is 0 Å². The Labute approximate surface area is 529 Å². The second-order valence-corrected chi connectivity index (χ2v) is 24.9. The SMILES string of the molecule is [2H]c1ccc(-c2nc(-n3c4ccc5ccccc5c4c4c5ccccc5c5c6ccccc6sc5c43)nc3ccccc23)c([2H])c1.[2H]c1ccc(-c2nc(Cl)nc3ccccc23)c([2H])c1.c1ccc2c3c(ccc2c1)Cc1c-3c2ccccc2c2c1sc1ccccc12. The summed E-state index contributed by atoms with van der Waals surface area (Å²) in [5, 5.41) is 19.9. The van der Waals surface area contributed by atoms with Gasteiger partial charge in [0.15, 0.2) is 0 Å². The predicted octanol–water partition coefficient (Wildman–Crippen LogP) is 23.0. The average Bonchev–Trinajstić information content (AvgIpc) is 1.55. The summed E-state index contributed by atoms with van der Waals surface area (Å²) in [5.41, 5.74) is 12.2. The molecule has 5 aromatic heterocycles. The highest BCUT2D eigenvalue weighted by Crippen LogP contribution is 2.53. The predicted molar refractivity (Wildman–Crippen MR) is 380 cm³/mol. The minimum Gasteiger partial charge on any atom is -0.276 e. The smallest absolute Gasteiger partial charge is 0.235 e. The van der Waals surface area contributed by atoms with Crippen molar-refractivity contribution in [3.05, 3.63) is 295 Å². The Hall–Kier alpha value is -10.7. The number of halogens is 1. The molecule has 0 saturated carbocycles. The second-order valence-electron chi connectivity index (χ2n) is 22.4. The third-order valence-corrected chi connectivity index (χ3v) is 20.2. The first kappa shape index (κ1) is 47.5. The van der Waals surface area contributed by atoms with Crippen LogP contribution in [0.5, 0.6) is 0 Å². The third kappa shape index (κ3) is 8.20. The fraction of sp³-hybridized carbons (Fsp3) is 0.0123. The summed E-state index contributed by atoms with van der Waals surface area (Å²) >= 11 is 9.71. The molecule has 0 radical (unpaired) electrons. The highest BCUT2D eigenvalue weighted by Gasteiger charge is 2.29. The molecular formula is C81H48ClN5S2. The minimum absolute atomic E-state index is 0.156. The standard InChI is InChI=1S/C40H23N3S.C27H16S.C14H9ClN2/c1-2-13-25(14-3-1)37-29-18-8-10-20-31(29)41-40(42-37)43-32-23-22-24-12-4-5-15-26(24)35(32)36-28-17-7-6-16-27(28)34-30-19-9-11-21-33(30)44-39(34)38(36)43;1-2-8-18-16(7-1)13-14-17-15-22-25(24(17)18)19-9-3-4-10-20(19)26-21-11-5-6-12-23(21)28-27(22)26;15-14-16-12-9-5-4-8-11(12)13(17-14)10-6-2-1-3-7-10/h1-23H;1-14H,15H2;1-9H/i1D,13D;;1D,6D. The molecule has 8 heteroatoms. The van der Waals surface area contributed by atoms with Gasteiger partial charge in [-0.15, -0.1) is 22.7 Å². The Morgan fingerprint density at radius 2 is 0.865 bits per heavy atom. The molecule has 19 aromatic rings. The van der Waals surface area contributed by atoms with E-state index >= 15 is 0 Å². The molecule has 14 aromatic carbocycles. The molecule has 89 heavy (non-hydrogen) atoms. The van der Waals surface area contributed by atoms with Gasteiger partial charge in [0.25, 0.3) is 0 Å². The number of rotatable bonds is 3. The Morgan fingerprint density at radius 1 is 0.371 bits per heavy atom. The molecule has 0 saturated heterocycles. The molecule has 20 rings (SSSR count). The van der Waals surface area contributed by atoms with Gasteiger partial charge in [0.1, 0.15) is 0 Å². The highest BCUT2D eigenvalue weighted by atomic mass is 35.5. The number of nitrogens with zero attached hydrogens (tertiary/aromatic N) is 5. The Morgan fingerprint density at radius 3 is 1.53 bits per heavy atom. The van der Waals surface area contributed by atoms with Crippen LogP contribution in [0, 0.1) is 0 Å². The number of benzene rings is 14. The van der Waals surface area contributed by atoms with Gasteiger partial charge in [-0.25, -0.2) is 19.9 Å². The molecule has 0 N–H and O–H groups in total. The third-order valence-electron chi connectivity index (χ3n) is 17.6. The molecule has 5 nitrogen and oxygen atoms in total. The van der Waals surface area contributed by atoms with Crippen molar-refractivity contribution in [3.8, 4) is 39.6 Å². The van der Waals surface area contributed by atoms with Crippen LogP contribution in [0.4, 0.5) is 0 Å². The van der Waals surface area contributed by atoms with Crippen molar-refractivity contribution in [1.29, 1.82) is 0 Å². The van der Waals surface area contributed by atoms with E-state index in [-0.39, 0.29) is 17.4 Å². The maximum absolute atomic E-state index is 8.80. The van der Waals surface area contributed by atoms with Crippen molar-refractivity contribution in [2.24, 2.45) is 0 Å². The van der Waals surface area contributed by atoms with Gasteiger partial charge in [-0.3, -0.25) is 4.57 Å². The molecule has 0 fully saturated rings. The number of hydrogen-bond donors (Lipinski definition) is 0. The fourth-order valence-corrected chi connectivity index (χ4v) is 16.6. The normalized spacial score (nSPS) is 12.7. The molecule has 0 amide bonds. The number of aromatic nitrogens is 5. The van der Waals surface area contributed by atoms with Crippen LogP contribution >= 0.6 is 34.3 Å². The molecule has 0 aliphatic heterocycles. The molecule has 0 atom stereocenters. The van der Waals surface area contributed by atoms with E-state index < -0.39 is 0 Å². The molecular weight excluding hydrogens is 1140 g/mol. The summed E-state index contributed by atoms with van der Waals surface area (Å²) in [6.07, 6.45) is 1.03. The molecule has 416 valence electrons. The van der Waals surface area contributed by atoms with Gasteiger partial charge in [-0.05, 0) is 107 Å². The van der Waals surface area contributed by atoms with Crippen molar-refractivity contribution in [2.45, 2.75) is 6.42 Å². The Kier molecular flexibility index (Phi) is 11.1. The van der Waals surface area contributed by atoms with E-state index in [1.54, 1.807) is 24.3 Å². The van der Waals surface area contributed by atoms with E-state index in [0.29, 0.717) is 40.5 Å². The zero-order chi connectivity index (χ0) is 62.2. The number of thiophene rings is 2. The van der Waals surface area contributed by atoms with Gasteiger partial charge in [-0.1, -0.05) is 249 Å². The van der Waals surface area contributed by atoms with Gasteiger partial charge in [0.05, 0.1) is 43.6 Å². The first-order valence-electron chi connectivity index (χ1n) is 31.6. The lowest BCUT2D eigenvalue weighted by molar-refractivity contribution is 1.02. The summed E-state index contributed by atoms with van der Waals surface area (Å²) < 4.78 is 39.9. The molecule has 5 heterocycles. The van der Waals surface area contributed by atoms with Crippen molar-refractivity contribution < 1.29 is 5.48 Å². The van der Waals surface area contributed by atoms with E-state index in [0.717, 1.165) is 39.3 Å². The van der Waals surface area contributed by atoms with Crippen LogP contribution < -0.4 is 0 Å². The topological polar surface area (TPSA) is 56.5 Å². The van der Waals surface area contributed by atoms with E-state index in [9.17, 15) is 0 Å². The largest absolute Gasteiger partial charge is 0.276 e. The van der Waals surface area contributed by atoms with Gasteiger partial charge >= 0.3 is 0 Å². The van der Waals surface area contributed by atoms with Crippen LogP contribution in [0.3, 0.4) is 0 Å². The van der Waals surface area contributed by atoms with Gasteiger partial charge < -0.3 is 0 Å². The molecule has 0 spiro atoms. The lowest BCUT2D eigenvalue weighted by Gasteiger charge is -2.12. The number of para-hydroxylation sites is 2. The zero-order valence-corrected chi connectivity index (χ0v) is 49.8. The lowest BCUT2D eigenvalue weighted by atomic mass is 9.92. The fourth-order valence-electron chi connectivity index (χ4n) is 13.9. The number of hydrogen-bond acceptors (Lipinski definition) is 6. The van der Waals surface area contributed by atoms with Crippen molar-refractivity contribution in [2.75, 3.05) is 0 Å². The first-order chi connectivity index (χ1) is 45.7. The zero-order valence-electron chi connectivity index (χ0n) is 51.4. The van der Waals surface area contributed by atoms with Crippen LogP contribution in [0.1, 0.15) is 16.6 Å². The minimum atomic E-state index is 0.156. The number of fused-ring (bicyclic) bond motifs is 26. The summed E-state index contributed by atoms with van der Waals surface area (Å²) in [5.74, 6) is 0.562.